The highest BCUT2D eigenvalue weighted by Crippen LogP contribution is 2.48. The fourth-order valence-corrected chi connectivity index (χ4v) is 3.41. The van der Waals surface area contributed by atoms with Crippen LogP contribution >= 0.6 is 7.60 Å². The molecule has 0 fully saturated rings. The van der Waals surface area contributed by atoms with E-state index in [4.69, 9.17) is 18.5 Å². The van der Waals surface area contributed by atoms with Crippen molar-refractivity contribution in [2.75, 3.05) is 39.4 Å². The van der Waals surface area contributed by atoms with Gasteiger partial charge in [-0.3, -0.25) is 4.79 Å². The Morgan fingerprint density at radius 2 is 1.26 bits per heavy atom. The molecule has 0 saturated heterocycles. The quantitative estimate of drug-likeness (QED) is 0.439. The van der Waals surface area contributed by atoms with E-state index in [1.54, 1.807) is 55.4 Å². The van der Waals surface area contributed by atoms with Gasteiger partial charge in [0.1, 0.15) is 11.2 Å². The number of hydrogen-bond donors (Lipinski definition) is 2. The Kier molecular flexibility index (Phi) is 12.1. The minimum absolute atomic E-state index is 0.0192. The summed E-state index contributed by atoms with van der Waals surface area (Å²) in [6, 6.07) is 0. The summed E-state index contributed by atoms with van der Waals surface area (Å²) < 4.78 is 32.9. The van der Waals surface area contributed by atoms with Crippen molar-refractivity contribution in [3.05, 3.63) is 0 Å². The van der Waals surface area contributed by atoms with Crippen molar-refractivity contribution in [1.82, 2.24) is 15.5 Å². The fourth-order valence-electron chi connectivity index (χ4n) is 2.12. The maximum Gasteiger partial charge on any atom is 0.418 e. The summed E-state index contributed by atoms with van der Waals surface area (Å²) >= 11 is 0. The molecule has 0 atom stereocenters. The van der Waals surface area contributed by atoms with Crippen LogP contribution in [0.15, 0.2) is 0 Å². The van der Waals surface area contributed by atoms with Crippen molar-refractivity contribution in [2.45, 2.75) is 66.6 Å². The van der Waals surface area contributed by atoms with Crippen molar-refractivity contribution in [2.24, 2.45) is 0 Å². The average molecular weight is 468 g/mol. The lowest BCUT2D eigenvalue weighted by molar-refractivity contribution is 0.0243. The summed E-state index contributed by atoms with van der Waals surface area (Å²) in [5.74, 6) is 0. The largest absolute Gasteiger partial charge is 0.444 e. The van der Waals surface area contributed by atoms with Crippen LogP contribution in [0.1, 0.15) is 55.4 Å². The molecule has 0 rings (SSSR count). The number of nitrogens with zero attached hydrogens (tertiary/aromatic N) is 1. The molecule has 0 spiro atoms. The third-order valence-corrected chi connectivity index (χ3v) is 5.06. The minimum Gasteiger partial charge on any atom is -0.444 e. The first-order valence-corrected chi connectivity index (χ1v) is 11.8. The van der Waals surface area contributed by atoms with Crippen LogP contribution in [0.25, 0.3) is 0 Å². The second kappa shape index (κ2) is 12.9. The maximum absolute atomic E-state index is 12.5. The molecule has 31 heavy (non-hydrogen) atoms. The van der Waals surface area contributed by atoms with E-state index in [0.29, 0.717) is 0 Å². The summed E-state index contributed by atoms with van der Waals surface area (Å²) in [6.45, 7) is 13.9. The molecule has 182 valence electrons. The van der Waals surface area contributed by atoms with Crippen LogP contribution in [0.2, 0.25) is 0 Å². The van der Waals surface area contributed by atoms with E-state index in [1.165, 1.54) is 4.90 Å². The van der Waals surface area contributed by atoms with Gasteiger partial charge in [0.2, 0.25) is 0 Å². The Balaban J connectivity index is 4.92. The van der Waals surface area contributed by atoms with Gasteiger partial charge in [-0.1, -0.05) is 0 Å². The van der Waals surface area contributed by atoms with Gasteiger partial charge >= 0.3 is 25.4 Å². The van der Waals surface area contributed by atoms with Crippen molar-refractivity contribution in [3.63, 3.8) is 0 Å². The molecule has 0 aromatic carbocycles. The minimum atomic E-state index is -3.94. The lowest BCUT2D eigenvalue weighted by Gasteiger charge is -2.28. The molecule has 0 bridgehead atoms. The number of alkyl carbamates (subject to hydrolysis) is 1. The van der Waals surface area contributed by atoms with Crippen molar-refractivity contribution < 1.29 is 37.5 Å². The van der Waals surface area contributed by atoms with E-state index in [0.717, 1.165) is 0 Å². The van der Waals surface area contributed by atoms with Gasteiger partial charge in [-0.15, -0.1) is 0 Å². The predicted molar refractivity (Wildman–Crippen MR) is 116 cm³/mol. The number of carbonyl (C=O) groups excluding carboxylic acids is 3. The Bertz CT molecular complexity index is 633. The molecule has 0 aliphatic carbocycles. The van der Waals surface area contributed by atoms with Crippen LogP contribution in [0.4, 0.5) is 14.4 Å². The Morgan fingerprint density at radius 1 is 0.806 bits per heavy atom. The zero-order valence-corrected chi connectivity index (χ0v) is 20.8. The molecule has 11 nitrogen and oxygen atoms in total. The zero-order valence-electron chi connectivity index (χ0n) is 19.9. The second-order valence-electron chi connectivity index (χ2n) is 8.46. The predicted octanol–water partition coefficient (Wildman–Crippen LogP) is 3.72. The smallest absolute Gasteiger partial charge is 0.418 e. The van der Waals surface area contributed by atoms with Gasteiger partial charge in [0.15, 0.2) is 0 Å². The van der Waals surface area contributed by atoms with Gasteiger partial charge in [-0.2, -0.15) is 0 Å². The van der Waals surface area contributed by atoms with Crippen LogP contribution in [-0.2, 0) is 23.1 Å². The van der Waals surface area contributed by atoms with Crippen LogP contribution in [0.5, 0.6) is 0 Å². The van der Waals surface area contributed by atoms with E-state index < -0.39 is 36.6 Å². The standard InChI is InChI=1S/C19H38N3O8P/c1-9-27-31(26,28-10-2)16(24)21-12-14-22(17(25)30-19(6,7)8)13-11-20-15(23)29-18(3,4)5/h9-14H2,1-8H3,(H,20,23)(H,21,24). The molecule has 2 N–H and O–H groups in total. The Hall–Kier alpha value is -1.84. The Labute approximate surface area is 185 Å². The SMILES string of the molecule is CCOP(=O)(OCC)C(=O)NCCN(CCNC(=O)OC(C)(C)C)C(=O)OC(C)(C)C. The van der Waals surface area contributed by atoms with Crippen LogP contribution in [0, 0.1) is 0 Å². The van der Waals surface area contributed by atoms with Crippen LogP contribution in [-0.4, -0.2) is 73.3 Å². The van der Waals surface area contributed by atoms with Crippen molar-refractivity contribution in [1.29, 1.82) is 0 Å². The maximum atomic E-state index is 12.5. The van der Waals surface area contributed by atoms with E-state index in [9.17, 15) is 18.9 Å². The van der Waals surface area contributed by atoms with Crippen molar-refractivity contribution >= 4 is 25.4 Å². The number of carbonyl (C=O) groups is 3. The number of amides is 3. The highest BCUT2D eigenvalue weighted by Gasteiger charge is 2.34. The summed E-state index contributed by atoms with van der Waals surface area (Å²) in [4.78, 5) is 37.8. The number of nitrogens with one attached hydrogen (secondary N) is 2. The molecule has 0 radical (unpaired) electrons. The van der Waals surface area contributed by atoms with Gasteiger partial charge in [-0.25, -0.2) is 14.2 Å². The first-order chi connectivity index (χ1) is 14.1. The molecule has 0 unspecified atom stereocenters. The zero-order chi connectivity index (χ0) is 24.3. The van der Waals surface area contributed by atoms with Gasteiger partial charge in [0.25, 0.3) is 0 Å². The monoisotopic (exact) mass is 467 g/mol. The topological polar surface area (TPSA) is 132 Å². The fraction of sp³-hybridized carbons (Fsp3) is 0.842. The molecular weight excluding hydrogens is 429 g/mol. The molecular formula is C19H38N3O8P. The summed E-state index contributed by atoms with van der Waals surface area (Å²) in [5.41, 5.74) is -2.25. The first-order valence-electron chi connectivity index (χ1n) is 10.3. The normalized spacial score (nSPS) is 12.1. The summed E-state index contributed by atoms with van der Waals surface area (Å²) in [6.07, 6.45) is -1.23. The molecule has 0 aromatic rings. The number of hydrogen-bond acceptors (Lipinski definition) is 8. The van der Waals surface area contributed by atoms with Gasteiger partial charge < -0.3 is 34.1 Å². The molecule has 12 heteroatoms. The lowest BCUT2D eigenvalue weighted by Crippen LogP contribution is -2.45. The number of rotatable bonds is 11. The van der Waals surface area contributed by atoms with E-state index in [-0.39, 0.29) is 39.4 Å². The van der Waals surface area contributed by atoms with Crippen LogP contribution in [0.3, 0.4) is 0 Å². The molecule has 0 heterocycles. The highest BCUT2D eigenvalue weighted by molar-refractivity contribution is 7.71. The Morgan fingerprint density at radius 3 is 1.68 bits per heavy atom. The average Bonchev–Trinajstić information content (AvgIpc) is 2.57. The molecule has 0 aliphatic rings. The van der Waals surface area contributed by atoms with E-state index >= 15 is 0 Å². The molecule has 3 amide bonds. The van der Waals surface area contributed by atoms with Crippen molar-refractivity contribution in [3.8, 4) is 0 Å². The summed E-state index contributed by atoms with van der Waals surface area (Å²) in [7, 11) is -3.94. The van der Waals surface area contributed by atoms with E-state index in [1.807, 2.05) is 0 Å². The first kappa shape index (κ1) is 29.2. The molecule has 0 aromatic heterocycles. The third-order valence-electron chi connectivity index (χ3n) is 3.21. The van der Waals surface area contributed by atoms with Gasteiger partial charge in [-0.05, 0) is 55.4 Å². The van der Waals surface area contributed by atoms with Gasteiger partial charge in [0.05, 0.1) is 13.2 Å². The van der Waals surface area contributed by atoms with Gasteiger partial charge in [0, 0.05) is 26.2 Å². The molecule has 0 saturated carbocycles. The summed E-state index contributed by atoms with van der Waals surface area (Å²) in [5, 5.41) is 5.02. The number of ether oxygens (including phenoxy) is 2. The molecule has 0 aliphatic heterocycles. The highest BCUT2D eigenvalue weighted by atomic mass is 31.2. The third kappa shape index (κ3) is 13.2. The van der Waals surface area contributed by atoms with Crippen LogP contribution < -0.4 is 10.6 Å². The second-order valence-corrected chi connectivity index (χ2v) is 10.4. The lowest BCUT2D eigenvalue weighted by atomic mass is 10.2. The van der Waals surface area contributed by atoms with E-state index in [2.05, 4.69) is 10.6 Å².